The van der Waals surface area contributed by atoms with Gasteiger partial charge in [-0.05, 0) is 36.8 Å². The summed E-state index contributed by atoms with van der Waals surface area (Å²) in [4.78, 5) is 10.7. The number of nitrogens with zero attached hydrogens (tertiary/aromatic N) is 3. The topological polar surface area (TPSA) is 40.5 Å². The van der Waals surface area contributed by atoms with Crippen molar-refractivity contribution < 1.29 is 4.39 Å². The minimum Gasteiger partial charge on any atom is -0.350 e. The first-order valence-electron chi connectivity index (χ1n) is 7.27. The molecule has 5 heteroatoms. The first kappa shape index (κ1) is 13.3. The van der Waals surface area contributed by atoms with Crippen LogP contribution in [0.15, 0.2) is 23.3 Å². The van der Waals surface area contributed by atoms with E-state index in [1.54, 1.807) is 19.3 Å². The van der Waals surface area contributed by atoms with Gasteiger partial charge >= 0.3 is 0 Å². The molecule has 1 aromatic rings. The minimum absolute atomic E-state index is 0.271. The molecule has 1 aromatic heterocycles. The normalized spacial score (nSPS) is 21.1. The summed E-state index contributed by atoms with van der Waals surface area (Å²) in [6, 6.07) is 3.04. The van der Waals surface area contributed by atoms with Gasteiger partial charge in [-0.25, -0.2) is 4.39 Å². The highest BCUT2D eigenvalue weighted by molar-refractivity contribution is 5.80. The van der Waals surface area contributed by atoms with Gasteiger partial charge in [0.25, 0.3) is 0 Å². The molecule has 0 bridgehead atoms. The predicted molar refractivity (Wildman–Crippen MR) is 76.9 cm³/mol. The predicted octanol–water partition coefficient (Wildman–Crippen LogP) is 2.17. The van der Waals surface area contributed by atoms with Gasteiger partial charge in [-0.15, -0.1) is 0 Å². The van der Waals surface area contributed by atoms with Crippen molar-refractivity contribution in [2.45, 2.75) is 32.2 Å². The van der Waals surface area contributed by atoms with Gasteiger partial charge in [0.2, 0.25) is 0 Å². The van der Waals surface area contributed by atoms with Crippen molar-refractivity contribution in [3.8, 4) is 0 Å². The summed E-state index contributed by atoms with van der Waals surface area (Å²) < 4.78 is 13.6. The number of likely N-dealkylation sites (tertiary alicyclic amines) is 1. The van der Waals surface area contributed by atoms with Crippen LogP contribution in [-0.2, 0) is 6.54 Å². The second-order valence-corrected chi connectivity index (χ2v) is 5.86. The first-order valence-corrected chi connectivity index (χ1v) is 7.27. The summed E-state index contributed by atoms with van der Waals surface area (Å²) in [5, 5.41) is 3.23. The average Bonchev–Trinajstić information content (AvgIpc) is 2.87. The van der Waals surface area contributed by atoms with Crippen LogP contribution in [0.4, 0.5) is 4.39 Å². The Morgan fingerprint density at radius 3 is 2.95 bits per heavy atom. The van der Waals surface area contributed by atoms with Gasteiger partial charge in [-0.1, -0.05) is 6.42 Å². The maximum atomic E-state index is 13.6. The van der Waals surface area contributed by atoms with Crippen LogP contribution in [0.5, 0.6) is 0 Å². The van der Waals surface area contributed by atoms with E-state index in [-0.39, 0.29) is 5.82 Å². The quantitative estimate of drug-likeness (QED) is 0.665. The molecule has 0 unspecified atom stereocenters. The Morgan fingerprint density at radius 1 is 1.50 bits per heavy atom. The van der Waals surface area contributed by atoms with Crippen molar-refractivity contribution >= 4 is 5.96 Å². The van der Waals surface area contributed by atoms with Crippen LogP contribution in [0.2, 0.25) is 0 Å². The Labute approximate surface area is 119 Å². The van der Waals surface area contributed by atoms with Crippen molar-refractivity contribution in [1.82, 2.24) is 15.2 Å². The molecule has 0 aromatic carbocycles. The number of halogens is 1. The Hall–Kier alpha value is -1.65. The van der Waals surface area contributed by atoms with Gasteiger partial charge in [0.15, 0.2) is 5.96 Å². The maximum absolute atomic E-state index is 13.6. The number of pyridine rings is 1. The highest BCUT2D eigenvalue weighted by atomic mass is 19.1. The third kappa shape index (κ3) is 2.49. The fourth-order valence-electron chi connectivity index (χ4n) is 3.24. The van der Waals surface area contributed by atoms with Gasteiger partial charge in [0, 0.05) is 26.3 Å². The number of hydrogen-bond donors (Lipinski definition) is 1. The smallest absolute Gasteiger partial charge is 0.193 e. The van der Waals surface area contributed by atoms with Gasteiger partial charge in [0.1, 0.15) is 5.82 Å². The largest absolute Gasteiger partial charge is 0.350 e. The SMILES string of the molecule is CN=C(NCc1ncccc1F)N1CCC2(CCC2)C1. The molecule has 1 spiro atoms. The van der Waals surface area contributed by atoms with E-state index >= 15 is 0 Å². The number of aliphatic imine (C=N–C) groups is 1. The van der Waals surface area contributed by atoms with Crippen molar-refractivity contribution in [1.29, 1.82) is 0 Å². The molecule has 0 atom stereocenters. The molecule has 0 radical (unpaired) electrons. The zero-order valence-electron chi connectivity index (χ0n) is 11.9. The highest BCUT2D eigenvalue weighted by Crippen LogP contribution is 2.47. The van der Waals surface area contributed by atoms with Gasteiger partial charge < -0.3 is 10.2 Å². The van der Waals surface area contributed by atoms with E-state index < -0.39 is 0 Å². The summed E-state index contributed by atoms with van der Waals surface area (Å²) in [6.07, 6.45) is 6.91. The Bertz CT molecular complexity index is 510. The van der Waals surface area contributed by atoms with Crippen molar-refractivity contribution in [2.75, 3.05) is 20.1 Å². The van der Waals surface area contributed by atoms with Crippen LogP contribution in [0.1, 0.15) is 31.4 Å². The van der Waals surface area contributed by atoms with Crippen molar-refractivity contribution in [2.24, 2.45) is 10.4 Å². The molecular weight excluding hydrogens is 255 g/mol. The Kier molecular flexibility index (Phi) is 3.59. The van der Waals surface area contributed by atoms with E-state index in [2.05, 4.69) is 20.2 Å². The number of guanidine groups is 1. The van der Waals surface area contributed by atoms with Crippen LogP contribution < -0.4 is 5.32 Å². The summed E-state index contributed by atoms with van der Waals surface area (Å²) in [5.41, 5.74) is 0.972. The first-order chi connectivity index (χ1) is 9.72. The van der Waals surface area contributed by atoms with Crippen LogP contribution in [0, 0.1) is 11.2 Å². The van der Waals surface area contributed by atoms with E-state index in [1.807, 2.05) is 0 Å². The molecule has 2 aliphatic rings. The molecule has 3 rings (SSSR count). The number of nitrogens with one attached hydrogen (secondary N) is 1. The van der Waals surface area contributed by atoms with E-state index in [0.29, 0.717) is 17.7 Å². The third-order valence-corrected chi connectivity index (χ3v) is 4.61. The zero-order chi connectivity index (χ0) is 14.0. The number of hydrogen-bond acceptors (Lipinski definition) is 2. The molecule has 1 aliphatic heterocycles. The summed E-state index contributed by atoms with van der Waals surface area (Å²) >= 11 is 0. The molecule has 20 heavy (non-hydrogen) atoms. The molecule has 0 amide bonds. The fraction of sp³-hybridized carbons (Fsp3) is 0.600. The van der Waals surface area contributed by atoms with Crippen LogP contribution in [-0.4, -0.2) is 36.0 Å². The molecule has 2 fully saturated rings. The van der Waals surface area contributed by atoms with Gasteiger partial charge in [-0.3, -0.25) is 9.98 Å². The zero-order valence-corrected chi connectivity index (χ0v) is 11.9. The fourth-order valence-corrected chi connectivity index (χ4v) is 3.24. The lowest BCUT2D eigenvalue weighted by Crippen LogP contribution is -2.42. The summed E-state index contributed by atoms with van der Waals surface area (Å²) in [7, 11) is 1.78. The Balaban J connectivity index is 1.60. The van der Waals surface area contributed by atoms with Crippen molar-refractivity contribution in [3.63, 3.8) is 0 Å². The molecule has 2 heterocycles. The molecule has 1 aliphatic carbocycles. The van der Waals surface area contributed by atoms with Crippen LogP contribution in [0.25, 0.3) is 0 Å². The number of aromatic nitrogens is 1. The lowest BCUT2D eigenvalue weighted by Gasteiger charge is -2.38. The molecule has 108 valence electrons. The van der Waals surface area contributed by atoms with E-state index in [0.717, 1.165) is 19.0 Å². The average molecular weight is 276 g/mol. The van der Waals surface area contributed by atoms with E-state index in [4.69, 9.17) is 0 Å². The van der Waals surface area contributed by atoms with Crippen molar-refractivity contribution in [3.05, 3.63) is 29.8 Å². The molecular formula is C15H21FN4. The lowest BCUT2D eigenvalue weighted by atomic mass is 9.68. The van der Waals surface area contributed by atoms with Gasteiger partial charge in [-0.2, -0.15) is 0 Å². The summed E-state index contributed by atoms with van der Waals surface area (Å²) in [6.45, 7) is 2.50. The maximum Gasteiger partial charge on any atom is 0.193 e. The molecule has 1 N–H and O–H groups in total. The molecule has 4 nitrogen and oxygen atoms in total. The standard InChI is InChI=1S/C15H21FN4/c1-17-14(19-10-13-12(16)4-2-8-18-13)20-9-7-15(11-20)5-3-6-15/h2,4,8H,3,5-7,9-11H2,1H3,(H,17,19). The van der Waals surface area contributed by atoms with E-state index in [1.165, 1.54) is 31.7 Å². The number of rotatable bonds is 2. The van der Waals surface area contributed by atoms with Crippen LogP contribution >= 0.6 is 0 Å². The highest BCUT2D eigenvalue weighted by Gasteiger charge is 2.43. The molecule has 1 saturated carbocycles. The summed E-state index contributed by atoms with van der Waals surface area (Å²) in [5.74, 6) is 0.589. The van der Waals surface area contributed by atoms with E-state index in [9.17, 15) is 4.39 Å². The second kappa shape index (κ2) is 5.38. The minimum atomic E-state index is -0.271. The van der Waals surface area contributed by atoms with Gasteiger partial charge in [0.05, 0.1) is 12.2 Å². The second-order valence-electron chi connectivity index (χ2n) is 5.86. The Morgan fingerprint density at radius 2 is 2.35 bits per heavy atom. The monoisotopic (exact) mass is 276 g/mol. The molecule has 1 saturated heterocycles. The third-order valence-electron chi connectivity index (χ3n) is 4.61. The lowest BCUT2D eigenvalue weighted by molar-refractivity contribution is 0.151. The van der Waals surface area contributed by atoms with Crippen LogP contribution in [0.3, 0.4) is 0 Å².